The summed E-state index contributed by atoms with van der Waals surface area (Å²) in [7, 11) is 1.77. The van der Waals surface area contributed by atoms with Gasteiger partial charge in [-0.05, 0) is 35.2 Å². The highest BCUT2D eigenvalue weighted by atomic mass is 79.9. The molecule has 4 nitrogen and oxygen atoms in total. The molecule has 0 amide bonds. The first-order valence-corrected chi connectivity index (χ1v) is 7.61. The normalized spacial score (nSPS) is 23.6. The van der Waals surface area contributed by atoms with Crippen LogP contribution in [0.4, 0.5) is 0 Å². The van der Waals surface area contributed by atoms with Gasteiger partial charge in [0.05, 0.1) is 6.10 Å². The van der Waals surface area contributed by atoms with Crippen LogP contribution in [0.3, 0.4) is 0 Å². The number of nitrogens with zero attached hydrogens (tertiary/aromatic N) is 2. The number of hydrogen-bond donors (Lipinski definition) is 0. The van der Waals surface area contributed by atoms with Crippen molar-refractivity contribution in [1.29, 1.82) is 0 Å². The second kappa shape index (κ2) is 6.66. The lowest BCUT2D eigenvalue weighted by molar-refractivity contribution is 0.0193. The summed E-state index contributed by atoms with van der Waals surface area (Å²) < 4.78 is 12.2. The molecule has 19 heavy (non-hydrogen) atoms. The van der Waals surface area contributed by atoms with Crippen molar-refractivity contribution in [3.05, 3.63) is 16.5 Å². The van der Waals surface area contributed by atoms with Gasteiger partial charge in [0, 0.05) is 25.5 Å². The van der Waals surface area contributed by atoms with Gasteiger partial charge >= 0.3 is 0 Å². The molecule has 1 aromatic heterocycles. The molecular weight excluding hydrogens is 308 g/mol. The highest BCUT2D eigenvalue weighted by Crippen LogP contribution is 2.26. The first-order chi connectivity index (χ1) is 9.08. The van der Waals surface area contributed by atoms with Crippen molar-refractivity contribution in [2.45, 2.75) is 57.7 Å². The Bertz CT molecular complexity index is 426. The van der Waals surface area contributed by atoms with Gasteiger partial charge in [0.1, 0.15) is 16.5 Å². The third-order valence-electron chi connectivity index (χ3n) is 3.40. The van der Waals surface area contributed by atoms with Gasteiger partial charge in [0.2, 0.25) is 5.88 Å². The van der Waals surface area contributed by atoms with Crippen LogP contribution >= 0.6 is 15.9 Å². The van der Waals surface area contributed by atoms with Gasteiger partial charge < -0.3 is 9.47 Å². The van der Waals surface area contributed by atoms with Crippen LogP contribution in [0.15, 0.2) is 10.7 Å². The Morgan fingerprint density at radius 1 is 1.26 bits per heavy atom. The minimum absolute atomic E-state index is 0.195. The first kappa shape index (κ1) is 14.7. The Kier molecular flexibility index (Phi) is 5.16. The Labute approximate surface area is 123 Å². The molecule has 0 saturated heterocycles. The topological polar surface area (TPSA) is 44.2 Å². The van der Waals surface area contributed by atoms with Gasteiger partial charge in [0.25, 0.3) is 0 Å². The summed E-state index contributed by atoms with van der Waals surface area (Å²) in [5.74, 6) is 1.76. The van der Waals surface area contributed by atoms with E-state index in [2.05, 4.69) is 39.7 Å². The van der Waals surface area contributed by atoms with Crippen LogP contribution in [0.2, 0.25) is 0 Å². The number of halogens is 1. The zero-order chi connectivity index (χ0) is 13.8. The summed E-state index contributed by atoms with van der Waals surface area (Å²) >= 11 is 3.42. The van der Waals surface area contributed by atoms with E-state index in [1.165, 1.54) is 0 Å². The lowest BCUT2D eigenvalue weighted by atomic mass is 9.95. The fourth-order valence-electron chi connectivity index (χ4n) is 2.33. The van der Waals surface area contributed by atoms with Gasteiger partial charge in [-0.1, -0.05) is 13.8 Å². The van der Waals surface area contributed by atoms with E-state index in [1.54, 1.807) is 7.11 Å². The van der Waals surface area contributed by atoms with E-state index in [-0.39, 0.29) is 12.0 Å². The molecule has 0 aromatic carbocycles. The average Bonchev–Trinajstić information content (AvgIpc) is 2.38. The van der Waals surface area contributed by atoms with Crippen molar-refractivity contribution in [3.63, 3.8) is 0 Å². The number of rotatable bonds is 4. The maximum Gasteiger partial charge on any atom is 0.218 e. The molecule has 0 aliphatic heterocycles. The monoisotopic (exact) mass is 328 g/mol. The Morgan fingerprint density at radius 3 is 2.68 bits per heavy atom. The second-order valence-corrected chi connectivity index (χ2v) is 6.12. The number of methoxy groups -OCH3 is 1. The Balaban J connectivity index is 2.06. The molecule has 1 aromatic rings. The molecule has 2 unspecified atom stereocenters. The SMILES string of the molecule is COC1CCCC(Oc2cc(Br)nc(C(C)C)n2)C1. The lowest BCUT2D eigenvalue weighted by Crippen LogP contribution is -2.29. The molecule has 1 aliphatic rings. The van der Waals surface area contributed by atoms with E-state index in [1.807, 2.05) is 6.07 Å². The second-order valence-electron chi connectivity index (χ2n) is 5.31. The van der Waals surface area contributed by atoms with Crippen molar-refractivity contribution in [1.82, 2.24) is 9.97 Å². The molecular formula is C14H21BrN2O2. The summed E-state index contributed by atoms with van der Waals surface area (Å²) in [6.07, 6.45) is 4.79. The summed E-state index contributed by atoms with van der Waals surface area (Å²) in [6, 6.07) is 1.84. The zero-order valence-electron chi connectivity index (χ0n) is 11.7. The van der Waals surface area contributed by atoms with Crippen LogP contribution in [-0.4, -0.2) is 29.3 Å². The van der Waals surface area contributed by atoms with Crippen molar-refractivity contribution in [2.75, 3.05) is 7.11 Å². The number of hydrogen-bond acceptors (Lipinski definition) is 4. The Hall–Kier alpha value is -0.680. The van der Waals surface area contributed by atoms with Crippen LogP contribution in [-0.2, 0) is 4.74 Å². The molecule has 106 valence electrons. The summed E-state index contributed by atoms with van der Waals surface area (Å²) in [5.41, 5.74) is 0. The minimum atomic E-state index is 0.195. The van der Waals surface area contributed by atoms with E-state index < -0.39 is 0 Å². The summed E-state index contributed by atoms with van der Waals surface area (Å²) in [6.45, 7) is 4.15. The quantitative estimate of drug-likeness (QED) is 0.790. The molecule has 0 N–H and O–H groups in total. The van der Waals surface area contributed by atoms with Crippen molar-refractivity contribution < 1.29 is 9.47 Å². The van der Waals surface area contributed by atoms with E-state index >= 15 is 0 Å². The van der Waals surface area contributed by atoms with Crippen molar-refractivity contribution in [3.8, 4) is 5.88 Å². The van der Waals surface area contributed by atoms with Gasteiger partial charge in [-0.2, -0.15) is 4.98 Å². The highest BCUT2D eigenvalue weighted by molar-refractivity contribution is 9.10. The minimum Gasteiger partial charge on any atom is -0.474 e. The number of ether oxygens (including phenoxy) is 2. The molecule has 0 bridgehead atoms. The zero-order valence-corrected chi connectivity index (χ0v) is 13.3. The van der Waals surface area contributed by atoms with E-state index in [4.69, 9.17) is 9.47 Å². The molecule has 1 heterocycles. The van der Waals surface area contributed by atoms with Crippen LogP contribution in [0.1, 0.15) is 51.3 Å². The van der Waals surface area contributed by atoms with Crippen LogP contribution in [0.25, 0.3) is 0 Å². The van der Waals surface area contributed by atoms with Crippen LogP contribution in [0, 0.1) is 0 Å². The Morgan fingerprint density at radius 2 is 2.00 bits per heavy atom. The molecule has 2 atom stereocenters. The van der Waals surface area contributed by atoms with Gasteiger partial charge in [-0.15, -0.1) is 0 Å². The third kappa shape index (κ3) is 4.14. The largest absolute Gasteiger partial charge is 0.474 e. The predicted molar refractivity (Wildman–Crippen MR) is 77.5 cm³/mol. The maximum atomic E-state index is 6.00. The molecule has 0 radical (unpaired) electrons. The predicted octanol–water partition coefficient (Wildman–Crippen LogP) is 3.70. The van der Waals surface area contributed by atoms with E-state index in [0.717, 1.165) is 36.1 Å². The van der Waals surface area contributed by atoms with E-state index in [9.17, 15) is 0 Å². The fraction of sp³-hybridized carbons (Fsp3) is 0.714. The van der Waals surface area contributed by atoms with Crippen molar-refractivity contribution >= 4 is 15.9 Å². The van der Waals surface area contributed by atoms with Gasteiger partial charge in [0.15, 0.2) is 0 Å². The summed E-state index contributed by atoms with van der Waals surface area (Å²) in [5, 5.41) is 0. The number of aromatic nitrogens is 2. The first-order valence-electron chi connectivity index (χ1n) is 6.82. The summed E-state index contributed by atoms with van der Waals surface area (Å²) in [4.78, 5) is 8.83. The molecule has 5 heteroatoms. The average molecular weight is 329 g/mol. The van der Waals surface area contributed by atoms with Gasteiger partial charge in [-0.25, -0.2) is 4.98 Å². The maximum absolute atomic E-state index is 6.00. The van der Waals surface area contributed by atoms with Crippen LogP contribution < -0.4 is 4.74 Å². The molecule has 1 saturated carbocycles. The standard InChI is InChI=1S/C14H21BrN2O2/c1-9(2)14-16-12(15)8-13(17-14)19-11-6-4-5-10(7-11)18-3/h8-11H,4-7H2,1-3H3. The molecule has 2 rings (SSSR count). The smallest absolute Gasteiger partial charge is 0.218 e. The molecule has 1 fully saturated rings. The third-order valence-corrected chi connectivity index (χ3v) is 3.81. The molecule has 0 spiro atoms. The lowest BCUT2D eigenvalue weighted by Gasteiger charge is -2.28. The van der Waals surface area contributed by atoms with E-state index in [0.29, 0.717) is 12.0 Å². The highest BCUT2D eigenvalue weighted by Gasteiger charge is 2.23. The van der Waals surface area contributed by atoms with Crippen LogP contribution in [0.5, 0.6) is 5.88 Å². The van der Waals surface area contributed by atoms with Crippen molar-refractivity contribution in [2.24, 2.45) is 0 Å². The van der Waals surface area contributed by atoms with Gasteiger partial charge in [-0.3, -0.25) is 0 Å². The fourth-order valence-corrected chi connectivity index (χ4v) is 2.70. The molecule has 1 aliphatic carbocycles.